The molecule has 0 radical (unpaired) electrons. The van der Waals surface area contributed by atoms with E-state index in [0.717, 1.165) is 22.2 Å². The summed E-state index contributed by atoms with van der Waals surface area (Å²) in [4.78, 5) is 39.8. The molecule has 7 nitrogen and oxygen atoms in total. The molecular formula is C18H19ClN2O5S2. The van der Waals surface area contributed by atoms with E-state index >= 15 is 0 Å². The predicted molar refractivity (Wildman–Crippen MR) is 109 cm³/mol. The van der Waals surface area contributed by atoms with Gasteiger partial charge in [-0.25, -0.2) is 8.42 Å². The van der Waals surface area contributed by atoms with Crippen LogP contribution in [0.1, 0.15) is 18.4 Å². The van der Waals surface area contributed by atoms with Crippen LogP contribution in [0.3, 0.4) is 0 Å². The summed E-state index contributed by atoms with van der Waals surface area (Å²) in [6, 6.07) is 6.51. The van der Waals surface area contributed by atoms with Gasteiger partial charge in [0.25, 0.3) is 11.1 Å². The lowest BCUT2D eigenvalue weighted by atomic mass is 10.2. The van der Waals surface area contributed by atoms with Crippen molar-refractivity contribution in [2.45, 2.75) is 18.9 Å². The van der Waals surface area contributed by atoms with E-state index in [1.165, 1.54) is 4.90 Å². The average molecular weight is 443 g/mol. The summed E-state index contributed by atoms with van der Waals surface area (Å²) in [5, 5.41) is 0.145. The molecule has 0 aromatic heterocycles. The van der Waals surface area contributed by atoms with Crippen molar-refractivity contribution in [1.82, 2.24) is 9.80 Å². The molecule has 2 saturated heterocycles. The van der Waals surface area contributed by atoms with Crippen LogP contribution in [0.5, 0.6) is 0 Å². The second-order valence-electron chi connectivity index (χ2n) is 6.70. The van der Waals surface area contributed by atoms with Crippen LogP contribution in [0, 0.1) is 0 Å². The fraction of sp³-hybridized carbons (Fsp3) is 0.389. The van der Waals surface area contributed by atoms with Crippen molar-refractivity contribution in [2.75, 3.05) is 25.1 Å². The summed E-state index contributed by atoms with van der Waals surface area (Å²) in [5.74, 6) is -0.694. The quantitative estimate of drug-likeness (QED) is 0.650. The Labute approximate surface area is 172 Å². The first kappa shape index (κ1) is 20.9. The van der Waals surface area contributed by atoms with Gasteiger partial charge < -0.3 is 4.90 Å². The van der Waals surface area contributed by atoms with Crippen LogP contribution in [0.15, 0.2) is 29.2 Å². The normalized spacial score (nSPS) is 22.9. The highest BCUT2D eigenvalue weighted by molar-refractivity contribution is 8.18. The zero-order valence-electron chi connectivity index (χ0n) is 15.1. The SMILES string of the molecule is CN(C(=O)CCN1C(=O)S/C(=C/c2ccc(Cl)cc2)C1=O)[C@@H]1CCS(=O)(=O)C1. The van der Waals surface area contributed by atoms with E-state index in [1.54, 1.807) is 37.4 Å². The highest BCUT2D eigenvalue weighted by Crippen LogP contribution is 2.32. The molecule has 2 aliphatic rings. The van der Waals surface area contributed by atoms with E-state index in [1.807, 2.05) is 0 Å². The summed E-state index contributed by atoms with van der Waals surface area (Å²) in [7, 11) is -1.54. The molecule has 2 heterocycles. The number of rotatable bonds is 5. The van der Waals surface area contributed by atoms with E-state index in [9.17, 15) is 22.8 Å². The number of nitrogens with zero attached hydrogens (tertiary/aromatic N) is 2. The fourth-order valence-corrected chi connectivity index (χ4v) is 5.84. The molecule has 2 fully saturated rings. The maximum atomic E-state index is 12.5. The van der Waals surface area contributed by atoms with Gasteiger partial charge in [0.05, 0.1) is 16.4 Å². The summed E-state index contributed by atoms with van der Waals surface area (Å²) in [5.41, 5.74) is 0.744. The highest BCUT2D eigenvalue weighted by atomic mass is 35.5. The van der Waals surface area contributed by atoms with Crippen LogP contribution in [0.25, 0.3) is 6.08 Å². The van der Waals surface area contributed by atoms with Crippen LogP contribution >= 0.6 is 23.4 Å². The summed E-state index contributed by atoms with van der Waals surface area (Å²) < 4.78 is 23.1. The minimum absolute atomic E-state index is 0.0364. The third-order valence-electron chi connectivity index (χ3n) is 4.74. The van der Waals surface area contributed by atoms with Gasteiger partial charge in [-0.2, -0.15) is 0 Å². The Balaban J connectivity index is 1.60. The number of hydrogen-bond donors (Lipinski definition) is 0. The van der Waals surface area contributed by atoms with Crippen molar-refractivity contribution in [3.05, 3.63) is 39.8 Å². The van der Waals surface area contributed by atoms with Gasteiger partial charge in [-0.15, -0.1) is 0 Å². The molecular weight excluding hydrogens is 424 g/mol. The predicted octanol–water partition coefficient (Wildman–Crippen LogP) is 2.41. The van der Waals surface area contributed by atoms with Gasteiger partial charge in [0, 0.05) is 31.1 Å². The number of sulfone groups is 1. The van der Waals surface area contributed by atoms with Crippen LogP contribution in [0.2, 0.25) is 5.02 Å². The minimum atomic E-state index is -3.09. The van der Waals surface area contributed by atoms with E-state index in [0.29, 0.717) is 11.4 Å². The molecule has 0 saturated carbocycles. The molecule has 0 N–H and O–H groups in total. The van der Waals surface area contributed by atoms with Gasteiger partial charge in [0.15, 0.2) is 9.84 Å². The standard InChI is InChI=1S/C18H19ClN2O5S2/c1-20(14-7-9-28(25,26)11-14)16(22)6-8-21-17(23)15(27-18(21)24)10-12-2-4-13(19)5-3-12/h2-5,10,14H,6-9,11H2,1H3/b15-10+/t14-/m1/s1. The first-order valence-corrected chi connectivity index (χ1v) is 11.6. The van der Waals surface area contributed by atoms with Gasteiger partial charge in [-0.3, -0.25) is 19.3 Å². The van der Waals surface area contributed by atoms with Crippen molar-refractivity contribution < 1.29 is 22.8 Å². The molecule has 28 heavy (non-hydrogen) atoms. The molecule has 0 unspecified atom stereocenters. The Morgan fingerprint density at radius 3 is 2.61 bits per heavy atom. The zero-order valence-corrected chi connectivity index (χ0v) is 17.5. The number of thioether (sulfide) groups is 1. The molecule has 3 rings (SSSR count). The van der Waals surface area contributed by atoms with E-state index < -0.39 is 21.0 Å². The van der Waals surface area contributed by atoms with Crippen LogP contribution in [-0.4, -0.2) is 66.4 Å². The van der Waals surface area contributed by atoms with E-state index in [4.69, 9.17) is 11.6 Å². The van der Waals surface area contributed by atoms with Crippen LogP contribution in [-0.2, 0) is 19.4 Å². The summed E-state index contributed by atoms with van der Waals surface area (Å²) >= 11 is 6.67. The van der Waals surface area contributed by atoms with Crippen molar-refractivity contribution in [3.63, 3.8) is 0 Å². The summed E-state index contributed by atoms with van der Waals surface area (Å²) in [6.07, 6.45) is 1.98. The topological polar surface area (TPSA) is 91.8 Å². The van der Waals surface area contributed by atoms with Gasteiger partial charge in [0.1, 0.15) is 0 Å². The Bertz CT molecular complexity index is 943. The number of benzene rings is 1. The molecule has 0 aliphatic carbocycles. The number of imide groups is 1. The third kappa shape index (κ3) is 4.76. The van der Waals surface area contributed by atoms with Gasteiger partial charge in [-0.1, -0.05) is 23.7 Å². The average Bonchev–Trinajstić information content (AvgIpc) is 3.13. The molecule has 2 aliphatic heterocycles. The summed E-state index contributed by atoms with van der Waals surface area (Å²) in [6.45, 7) is -0.0364. The molecule has 10 heteroatoms. The smallest absolute Gasteiger partial charge is 0.293 e. The molecule has 1 atom stereocenters. The van der Waals surface area contributed by atoms with Crippen molar-refractivity contribution in [1.29, 1.82) is 0 Å². The van der Waals surface area contributed by atoms with Gasteiger partial charge >= 0.3 is 0 Å². The number of carbonyl (C=O) groups is 3. The molecule has 3 amide bonds. The second kappa shape index (κ2) is 8.26. The monoisotopic (exact) mass is 442 g/mol. The van der Waals surface area contributed by atoms with Crippen molar-refractivity contribution in [3.8, 4) is 0 Å². The third-order valence-corrected chi connectivity index (χ3v) is 7.65. The number of amides is 3. The highest BCUT2D eigenvalue weighted by Gasteiger charge is 2.36. The van der Waals surface area contributed by atoms with Crippen LogP contribution < -0.4 is 0 Å². The van der Waals surface area contributed by atoms with Gasteiger partial charge in [-0.05, 0) is 42.0 Å². The molecule has 150 valence electrons. The molecule has 1 aromatic carbocycles. The lowest BCUT2D eigenvalue weighted by Gasteiger charge is -2.24. The van der Waals surface area contributed by atoms with E-state index in [2.05, 4.69) is 0 Å². The number of carbonyl (C=O) groups excluding carboxylic acids is 3. The zero-order chi connectivity index (χ0) is 20.5. The minimum Gasteiger partial charge on any atom is -0.342 e. The Kier molecular flexibility index (Phi) is 6.16. The largest absolute Gasteiger partial charge is 0.342 e. The van der Waals surface area contributed by atoms with Crippen molar-refractivity contribution in [2.24, 2.45) is 0 Å². The maximum Gasteiger partial charge on any atom is 0.293 e. The Hall–Kier alpha value is -1.84. The molecule has 0 bridgehead atoms. The lowest BCUT2D eigenvalue weighted by Crippen LogP contribution is -2.40. The van der Waals surface area contributed by atoms with Crippen LogP contribution in [0.4, 0.5) is 4.79 Å². The first-order valence-electron chi connectivity index (χ1n) is 8.63. The first-order chi connectivity index (χ1) is 13.2. The fourth-order valence-electron chi connectivity index (χ4n) is 3.07. The number of halogens is 1. The lowest BCUT2D eigenvalue weighted by molar-refractivity contribution is -0.132. The van der Waals surface area contributed by atoms with Gasteiger partial charge in [0.2, 0.25) is 5.91 Å². The second-order valence-corrected chi connectivity index (χ2v) is 10.4. The Morgan fingerprint density at radius 2 is 2.00 bits per heavy atom. The molecule has 0 spiro atoms. The number of hydrogen-bond acceptors (Lipinski definition) is 6. The van der Waals surface area contributed by atoms with Crippen molar-refractivity contribution >= 4 is 56.3 Å². The molecule has 1 aromatic rings. The maximum absolute atomic E-state index is 12.5. The van der Waals surface area contributed by atoms with E-state index in [-0.39, 0.29) is 41.3 Å². The Morgan fingerprint density at radius 1 is 1.32 bits per heavy atom.